The first-order valence-electron chi connectivity index (χ1n) is 7.68. The molecule has 2 N–H and O–H groups in total. The first-order chi connectivity index (χ1) is 12.8. The van der Waals surface area contributed by atoms with E-state index >= 15 is 0 Å². The standard InChI is InChI=1S/C19H15F2N3O3/c1-11(25)23-17-9-18(16(21)8-15(17)20)24-19(26)13(10-22)7-12-3-5-14(27-2)6-4-12/h3-9H,1-2H3,(H,23,25)(H,24,26)/b13-7+. The van der Waals surface area contributed by atoms with Gasteiger partial charge >= 0.3 is 0 Å². The number of hydrogen-bond acceptors (Lipinski definition) is 4. The zero-order chi connectivity index (χ0) is 20.0. The third kappa shape index (κ3) is 5.12. The van der Waals surface area contributed by atoms with Gasteiger partial charge in [0.2, 0.25) is 5.91 Å². The lowest BCUT2D eigenvalue weighted by Crippen LogP contribution is -2.16. The molecule has 27 heavy (non-hydrogen) atoms. The molecule has 8 heteroatoms. The third-order valence-corrected chi connectivity index (χ3v) is 3.41. The number of benzene rings is 2. The van der Waals surface area contributed by atoms with Gasteiger partial charge in [-0.1, -0.05) is 12.1 Å². The van der Waals surface area contributed by atoms with Crippen molar-refractivity contribution in [1.82, 2.24) is 0 Å². The molecule has 2 amide bonds. The molecule has 0 aliphatic heterocycles. The number of carbonyl (C=O) groups excluding carboxylic acids is 2. The molecule has 2 aromatic rings. The molecule has 0 saturated heterocycles. The van der Waals surface area contributed by atoms with Crippen LogP contribution in [0, 0.1) is 23.0 Å². The van der Waals surface area contributed by atoms with Crippen molar-refractivity contribution < 1.29 is 23.1 Å². The molecule has 0 radical (unpaired) electrons. The second-order valence-electron chi connectivity index (χ2n) is 5.39. The number of nitrogens with zero attached hydrogens (tertiary/aromatic N) is 1. The Morgan fingerprint density at radius 1 is 1.07 bits per heavy atom. The molecule has 0 spiro atoms. The van der Waals surface area contributed by atoms with E-state index in [0.29, 0.717) is 17.4 Å². The molecule has 6 nitrogen and oxygen atoms in total. The summed E-state index contributed by atoms with van der Waals surface area (Å²) in [4.78, 5) is 23.3. The van der Waals surface area contributed by atoms with Gasteiger partial charge in [0, 0.05) is 13.0 Å². The van der Waals surface area contributed by atoms with E-state index in [-0.39, 0.29) is 16.9 Å². The summed E-state index contributed by atoms with van der Waals surface area (Å²) < 4.78 is 32.6. The van der Waals surface area contributed by atoms with E-state index in [0.717, 1.165) is 13.0 Å². The molecule has 0 atom stereocenters. The maximum atomic E-state index is 13.9. The largest absolute Gasteiger partial charge is 0.497 e. The van der Waals surface area contributed by atoms with Gasteiger partial charge in [-0.2, -0.15) is 5.26 Å². The molecule has 0 fully saturated rings. The van der Waals surface area contributed by atoms with E-state index in [2.05, 4.69) is 10.6 Å². The number of nitrogens with one attached hydrogen (secondary N) is 2. The van der Waals surface area contributed by atoms with Gasteiger partial charge in [0.25, 0.3) is 5.91 Å². The number of nitriles is 1. The molecule has 2 aromatic carbocycles. The van der Waals surface area contributed by atoms with Gasteiger partial charge < -0.3 is 15.4 Å². The molecule has 0 aliphatic carbocycles. The number of carbonyl (C=O) groups is 2. The van der Waals surface area contributed by atoms with Crippen LogP contribution in [0.3, 0.4) is 0 Å². The number of amides is 2. The van der Waals surface area contributed by atoms with Gasteiger partial charge in [0.05, 0.1) is 18.5 Å². The lowest BCUT2D eigenvalue weighted by Gasteiger charge is -2.10. The maximum absolute atomic E-state index is 13.9. The van der Waals surface area contributed by atoms with E-state index in [1.807, 2.05) is 0 Å². The Kier molecular flexibility index (Phi) is 6.23. The fourth-order valence-corrected chi connectivity index (χ4v) is 2.14. The van der Waals surface area contributed by atoms with Crippen molar-refractivity contribution in [3.63, 3.8) is 0 Å². The number of halogens is 2. The molecule has 0 unspecified atom stereocenters. The number of ether oxygens (including phenoxy) is 1. The van der Waals surface area contributed by atoms with Crippen molar-refractivity contribution in [1.29, 1.82) is 5.26 Å². The highest BCUT2D eigenvalue weighted by Crippen LogP contribution is 2.24. The highest BCUT2D eigenvalue weighted by Gasteiger charge is 2.16. The topological polar surface area (TPSA) is 91.2 Å². The first-order valence-corrected chi connectivity index (χ1v) is 7.68. The van der Waals surface area contributed by atoms with Gasteiger partial charge in [-0.3, -0.25) is 9.59 Å². The zero-order valence-corrected chi connectivity index (χ0v) is 14.5. The summed E-state index contributed by atoms with van der Waals surface area (Å²) in [5, 5.41) is 13.6. The minimum Gasteiger partial charge on any atom is -0.497 e. The van der Waals surface area contributed by atoms with Crippen LogP contribution in [-0.2, 0) is 9.59 Å². The van der Waals surface area contributed by atoms with Gasteiger partial charge in [-0.05, 0) is 29.8 Å². The second-order valence-corrected chi connectivity index (χ2v) is 5.39. The van der Waals surface area contributed by atoms with Crippen LogP contribution in [0.25, 0.3) is 6.08 Å². The highest BCUT2D eigenvalue weighted by atomic mass is 19.1. The van der Waals surface area contributed by atoms with Crippen molar-refractivity contribution >= 4 is 29.3 Å². The molecule has 0 heterocycles. The van der Waals surface area contributed by atoms with E-state index < -0.39 is 23.4 Å². The van der Waals surface area contributed by atoms with Crippen LogP contribution >= 0.6 is 0 Å². The SMILES string of the molecule is COc1ccc(/C=C(\C#N)C(=O)Nc2cc(NC(C)=O)c(F)cc2F)cc1. The van der Waals surface area contributed by atoms with Gasteiger partial charge in [0.1, 0.15) is 29.0 Å². The average Bonchev–Trinajstić information content (AvgIpc) is 2.63. The van der Waals surface area contributed by atoms with Gasteiger partial charge in [-0.15, -0.1) is 0 Å². The van der Waals surface area contributed by atoms with Crippen LogP contribution in [0.15, 0.2) is 42.0 Å². The zero-order valence-electron chi connectivity index (χ0n) is 14.5. The summed E-state index contributed by atoms with van der Waals surface area (Å²) in [5.41, 5.74) is -0.399. The third-order valence-electron chi connectivity index (χ3n) is 3.41. The summed E-state index contributed by atoms with van der Waals surface area (Å²) >= 11 is 0. The molecule has 0 aromatic heterocycles. The molecule has 0 aliphatic rings. The van der Waals surface area contributed by atoms with Crippen molar-refractivity contribution in [2.24, 2.45) is 0 Å². The number of hydrogen-bond donors (Lipinski definition) is 2. The highest BCUT2D eigenvalue weighted by molar-refractivity contribution is 6.10. The van der Waals surface area contributed by atoms with E-state index in [1.165, 1.54) is 13.2 Å². The summed E-state index contributed by atoms with van der Waals surface area (Å²) in [6.07, 6.45) is 1.31. The smallest absolute Gasteiger partial charge is 0.266 e. The molecule has 138 valence electrons. The summed E-state index contributed by atoms with van der Waals surface area (Å²) in [6, 6.07) is 9.77. The minimum atomic E-state index is -1.04. The van der Waals surface area contributed by atoms with Crippen molar-refractivity contribution in [3.8, 4) is 11.8 Å². The molecular formula is C19H15F2N3O3. The van der Waals surface area contributed by atoms with E-state index in [4.69, 9.17) is 4.74 Å². The lowest BCUT2D eigenvalue weighted by molar-refractivity contribution is -0.114. The van der Waals surface area contributed by atoms with Crippen LogP contribution in [0.1, 0.15) is 12.5 Å². The maximum Gasteiger partial charge on any atom is 0.266 e. The first kappa shape index (κ1) is 19.6. The predicted molar refractivity (Wildman–Crippen MR) is 95.9 cm³/mol. The van der Waals surface area contributed by atoms with Crippen molar-refractivity contribution in [2.45, 2.75) is 6.92 Å². The normalized spacial score (nSPS) is 10.7. The lowest BCUT2D eigenvalue weighted by atomic mass is 10.1. The van der Waals surface area contributed by atoms with Crippen molar-refractivity contribution in [2.75, 3.05) is 17.7 Å². The Morgan fingerprint density at radius 2 is 1.67 bits per heavy atom. The van der Waals surface area contributed by atoms with Gasteiger partial charge in [-0.25, -0.2) is 8.78 Å². The van der Waals surface area contributed by atoms with Crippen LogP contribution in [-0.4, -0.2) is 18.9 Å². The van der Waals surface area contributed by atoms with Gasteiger partial charge in [0.15, 0.2) is 0 Å². The second kappa shape index (κ2) is 8.58. The van der Waals surface area contributed by atoms with Crippen molar-refractivity contribution in [3.05, 3.63) is 59.2 Å². The van der Waals surface area contributed by atoms with E-state index in [1.54, 1.807) is 30.3 Å². The predicted octanol–water partition coefficient (Wildman–Crippen LogP) is 3.48. The molecule has 0 bridgehead atoms. The van der Waals surface area contributed by atoms with Crippen LogP contribution in [0.2, 0.25) is 0 Å². The Hall–Kier alpha value is -3.73. The number of rotatable bonds is 5. The van der Waals surface area contributed by atoms with Crippen LogP contribution in [0.4, 0.5) is 20.2 Å². The molecular weight excluding hydrogens is 356 g/mol. The minimum absolute atomic E-state index is 0.287. The quantitative estimate of drug-likeness (QED) is 0.622. The fraction of sp³-hybridized carbons (Fsp3) is 0.105. The number of anilines is 2. The fourth-order valence-electron chi connectivity index (χ4n) is 2.14. The summed E-state index contributed by atoms with van der Waals surface area (Å²) in [6.45, 7) is 1.16. The molecule has 0 saturated carbocycles. The summed E-state index contributed by atoms with van der Waals surface area (Å²) in [7, 11) is 1.51. The number of methoxy groups -OCH3 is 1. The average molecular weight is 371 g/mol. The summed E-state index contributed by atoms with van der Waals surface area (Å²) in [5.74, 6) is -2.87. The molecule has 2 rings (SSSR count). The van der Waals surface area contributed by atoms with Crippen LogP contribution in [0.5, 0.6) is 5.75 Å². The Labute approximate surface area is 154 Å². The van der Waals surface area contributed by atoms with E-state index in [9.17, 15) is 23.6 Å². The van der Waals surface area contributed by atoms with Crippen LogP contribution < -0.4 is 15.4 Å². The monoisotopic (exact) mass is 371 g/mol. The Morgan fingerprint density at radius 3 is 2.19 bits per heavy atom. The Balaban J connectivity index is 2.27. The Bertz CT molecular complexity index is 948.